The highest BCUT2D eigenvalue weighted by Gasteiger charge is 2.55. The fraction of sp³-hybridized carbons (Fsp3) is 0.0156. The summed E-state index contributed by atoms with van der Waals surface area (Å²) in [5.41, 5.74) is 36.1. The second-order valence-electron chi connectivity index (χ2n) is 36.2. The van der Waals surface area contributed by atoms with Crippen molar-refractivity contribution >= 4 is 152 Å². The van der Waals surface area contributed by atoms with Crippen LogP contribution in [-0.2, 0) is 10.8 Å². The molecule has 23 aromatic carbocycles. The summed E-state index contributed by atoms with van der Waals surface area (Å²) >= 11 is 1.87. The van der Waals surface area contributed by atoms with E-state index in [1.807, 2.05) is 11.3 Å². The summed E-state index contributed by atoms with van der Waals surface area (Å²) in [5.74, 6) is 0. The maximum atomic E-state index is 2.58. The van der Waals surface area contributed by atoms with Crippen LogP contribution in [0.15, 0.2) is 467 Å². The molecule has 0 bridgehead atoms. The van der Waals surface area contributed by atoms with Crippen molar-refractivity contribution in [3.05, 3.63) is 512 Å². The number of thiophene rings is 1. The highest BCUT2D eigenvalue weighted by molar-refractivity contribution is 7.26. The van der Waals surface area contributed by atoms with Crippen molar-refractivity contribution in [1.82, 2.24) is 4.57 Å². The van der Waals surface area contributed by atoms with Crippen LogP contribution in [0.5, 0.6) is 0 Å². The van der Waals surface area contributed by atoms with Crippen LogP contribution in [-0.4, -0.2) is 4.57 Å². The zero-order chi connectivity index (χ0) is 86.2. The first-order chi connectivity index (χ1) is 65.5. The number of anilines is 6. The lowest BCUT2D eigenvalue weighted by atomic mass is 9.69. The number of benzene rings is 23. The minimum Gasteiger partial charge on any atom is -0.310 e. The minimum absolute atomic E-state index is 0.605. The van der Waals surface area contributed by atoms with E-state index in [2.05, 4.69) is 481 Å². The van der Waals surface area contributed by atoms with Crippen LogP contribution in [0.2, 0.25) is 0 Å². The van der Waals surface area contributed by atoms with Gasteiger partial charge in [-0.15, -0.1) is 11.3 Å². The van der Waals surface area contributed by atoms with Crippen LogP contribution in [0.25, 0.3) is 190 Å². The van der Waals surface area contributed by atoms with Gasteiger partial charge in [-0.25, -0.2) is 0 Å². The Morgan fingerprint density at radius 1 is 0.182 bits per heavy atom. The quantitative estimate of drug-likeness (QED) is 0.126. The molecule has 4 aliphatic carbocycles. The summed E-state index contributed by atoms with van der Waals surface area (Å²) in [6.45, 7) is 0. The monoisotopic (exact) mass is 1690 g/mol. The van der Waals surface area contributed by atoms with Gasteiger partial charge >= 0.3 is 0 Å². The SMILES string of the molecule is c1cc(-c2ccc(N(c3ccc4c5ccccc5c5ccccc5c4c3)c3cccc4c3C3(c5ccccc5-c5cc(-c6cccc7c6c6ccccc6n7-c6ccc(N(c7ccc8c9ccccc9c9ccccc9c8c7)c7cccc8c7C7(c9ccccc9-c9ccccc97)c7ccccc7-8)cc6)ccc53)c3ccccc3-4)cc2)cc(-c2cccc3sc4ccccc4c23)c1. The Morgan fingerprint density at radius 2 is 0.515 bits per heavy atom. The first-order valence-corrected chi connectivity index (χ1v) is 46.7. The van der Waals surface area contributed by atoms with E-state index in [4.69, 9.17) is 0 Å². The Bertz CT molecular complexity index is 9190. The van der Waals surface area contributed by atoms with Crippen LogP contribution < -0.4 is 9.80 Å². The lowest BCUT2D eigenvalue weighted by Crippen LogP contribution is -2.28. The standard InChI is InChI=1S/C128H77N3S/c1-3-34-93-89(30-1)91-32-5-7-36-95(91)108-76-85(69-71-97(93)108)129(82-63-60-78(61-64-82)79-28-23-29-80(74-79)88-46-27-59-122-124(88)107-44-15-22-58-121(107)132-122)120-57-26-48-105-102-41-12-19-52-114(102)128(126(105)120)115-53-20-13-42-103(115)110-75-81(62-73-116(110)128)87-45-24-55-118-123(87)106-43-14-21-54-117(106)131(118)84-67-65-83(66-68-84)130(86-70-72-98-94-35-4-2-31-90(94)92-33-6-8-37-96(92)109(98)77-86)119-56-25-47-104-101-40-11-18-51-113(101)127(125(104)119)111-49-16-9-38-99(111)100-39-10-17-50-112(100)127/h1-77H. The van der Waals surface area contributed by atoms with Gasteiger partial charge in [0.25, 0.3) is 0 Å². The fourth-order valence-corrected chi connectivity index (χ4v) is 25.9. The molecule has 0 radical (unpaired) electrons. The molecule has 0 fully saturated rings. The molecular weight excluding hydrogens is 1610 g/mol. The Labute approximate surface area is 766 Å². The van der Waals surface area contributed by atoms with Gasteiger partial charge < -0.3 is 14.4 Å². The van der Waals surface area contributed by atoms with E-state index in [-0.39, 0.29) is 0 Å². The number of fused-ring (bicyclic) bond motifs is 38. The van der Waals surface area contributed by atoms with Crippen LogP contribution in [0.1, 0.15) is 44.5 Å². The average Bonchev–Trinajstić information content (AvgIpc) is 1.50. The van der Waals surface area contributed by atoms with E-state index in [0.29, 0.717) is 0 Å². The van der Waals surface area contributed by atoms with Crippen LogP contribution in [0.3, 0.4) is 0 Å². The second kappa shape index (κ2) is 27.9. The molecule has 0 amide bonds. The molecule has 3 nitrogen and oxygen atoms in total. The third-order valence-electron chi connectivity index (χ3n) is 29.9. The molecule has 1 atom stereocenters. The van der Waals surface area contributed by atoms with E-state index in [1.165, 1.54) is 212 Å². The van der Waals surface area contributed by atoms with E-state index in [1.54, 1.807) is 0 Å². The summed E-state index contributed by atoms with van der Waals surface area (Å²) < 4.78 is 5.12. The van der Waals surface area contributed by atoms with Crippen molar-refractivity contribution < 1.29 is 0 Å². The topological polar surface area (TPSA) is 11.4 Å². The normalized spacial score (nSPS) is 14.0. The first-order valence-electron chi connectivity index (χ1n) is 45.9. The summed E-state index contributed by atoms with van der Waals surface area (Å²) in [5, 5.41) is 19.9. The molecule has 0 saturated heterocycles. The Morgan fingerprint density at radius 3 is 1.03 bits per heavy atom. The number of rotatable bonds is 10. The lowest BCUT2D eigenvalue weighted by Gasteiger charge is -2.36. The Balaban J connectivity index is 0.593. The van der Waals surface area contributed by atoms with Crippen molar-refractivity contribution in [1.29, 1.82) is 0 Å². The first kappa shape index (κ1) is 73.3. The number of para-hydroxylation sites is 1. The van der Waals surface area contributed by atoms with Gasteiger partial charge in [0.2, 0.25) is 0 Å². The number of nitrogens with zero attached hydrogens (tertiary/aromatic N) is 3. The van der Waals surface area contributed by atoms with E-state index in [0.717, 1.165) is 56.4 Å². The summed E-state index contributed by atoms with van der Waals surface area (Å²) in [6, 6.07) is 178. The van der Waals surface area contributed by atoms with E-state index < -0.39 is 10.8 Å². The van der Waals surface area contributed by atoms with Crippen LogP contribution in [0.4, 0.5) is 34.1 Å². The van der Waals surface area contributed by atoms with E-state index >= 15 is 0 Å². The molecule has 1 unspecified atom stereocenters. The molecular formula is C128H77N3S. The van der Waals surface area contributed by atoms with Gasteiger partial charge in [-0.2, -0.15) is 0 Å². The molecule has 4 aliphatic rings. The van der Waals surface area contributed by atoms with Crippen molar-refractivity contribution in [2.75, 3.05) is 9.80 Å². The zero-order valence-corrected chi connectivity index (χ0v) is 72.5. The van der Waals surface area contributed by atoms with Gasteiger partial charge in [-0.1, -0.05) is 358 Å². The average molecular weight is 1690 g/mol. The van der Waals surface area contributed by atoms with Gasteiger partial charge in [0, 0.05) is 70.5 Å². The summed E-state index contributed by atoms with van der Waals surface area (Å²) in [7, 11) is 0. The Hall–Kier alpha value is -16.8. The molecule has 0 N–H and O–H groups in total. The number of aromatic nitrogens is 1. The molecule has 610 valence electrons. The van der Waals surface area contributed by atoms with Gasteiger partial charge in [-0.3, -0.25) is 0 Å². The predicted octanol–water partition coefficient (Wildman–Crippen LogP) is 34.7. The fourth-order valence-electron chi connectivity index (χ4n) is 24.8. The predicted molar refractivity (Wildman–Crippen MR) is 557 cm³/mol. The lowest BCUT2D eigenvalue weighted by molar-refractivity contribution is 0.793. The molecule has 25 aromatic rings. The molecule has 2 spiro atoms. The minimum atomic E-state index is -0.732. The molecule has 4 heteroatoms. The Kier molecular flexibility index (Phi) is 15.5. The molecule has 132 heavy (non-hydrogen) atoms. The highest BCUT2D eigenvalue weighted by atomic mass is 32.1. The number of hydrogen-bond donors (Lipinski definition) is 0. The molecule has 0 saturated carbocycles. The zero-order valence-electron chi connectivity index (χ0n) is 71.7. The maximum absolute atomic E-state index is 2.58. The maximum Gasteiger partial charge on any atom is 0.0746 e. The molecule has 2 aromatic heterocycles. The molecule has 2 heterocycles. The summed E-state index contributed by atoms with van der Waals surface area (Å²) in [4.78, 5) is 5.16. The third kappa shape index (κ3) is 10.0. The van der Waals surface area contributed by atoms with Crippen LogP contribution >= 0.6 is 11.3 Å². The van der Waals surface area contributed by atoms with Crippen molar-refractivity contribution in [2.24, 2.45) is 0 Å². The van der Waals surface area contributed by atoms with Gasteiger partial charge in [0.15, 0.2) is 0 Å². The largest absolute Gasteiger partial charge is 0.310 e. The second-order valence-corrected chi connectivity index (χ2v) is 37.3. The van der Waals surface area contributed by atoms with Gasteiger partial charge in [-0.05, 0) is 285 Å². The third-order valence-corrected chi connectivity index (χ3v) is 31.1. The van der Waals surface area contributed by atoms with Gasteiger partial charge in [0.1, 0.15) is 0 Å². The van der Waals surface area contributed by atoms with Crippen molar-refractivity contribution in [2.45, 2.75) is 10.8 Å². The summed E-state index contributed by atoms with van der Waals surface area (Å²) in [6.07, 6.45) is 0. The molecule has 0 aliphatic heterocycles. The number of hydrogen-bond acceptors (Lipinski definition) is 3. The van der Waals surface area contributed by atoms with Gasteiger partial charge in [0.05, 0.1) is 33.2 Å². The van der Waals surface area contributed by atoms with E-state index in [9.17, 15) is 0 Å². The van der Waals surface area contributed by atoms with Crippen LogP contribution in [0, 0.1) is 0 Å². The molecule has 29 rings (SSSR count). The smallest absolute Gasteiger partial charge is 0.0746 e. The van der Waals surface area contributed by atoms with Crippen molar-refractivity contribution in [3.8, 4) is 83.6 Å². The highest BCUT2D eigenvalue weighted by Crippen LogP contribution is 2.69. The van der Waals surface area contributed by atoms with Crippen molar-refractivity contribution in [3.63, 3.8) is 0 Å².